The largest absolute Gasteiger partial charge is 0.321 e. The zero-order chi connectivity index (χ0) is 14.1. The molecule has 3 rings (SSSR count). The summed E-state index contributed by atoms with van der Waals surface area (Å²) in [5.41, 5.74) is 1.89. The summed E-state index contributed by atoms with van der Waals surface area (Å²) in [7, 11) is 0. The predicted octanol–water partition coefficient (Wildman–Crippen LogP) is 4.00. The van der Waals surface area contributed by atoms with E-state index in [1.54, 1.807) is 35.1 Å². The van der Waals surface area contributed by atoms with Crippen molar-refractivity contribution in [3.63, 3.8) is 0 Å². The molecule has 0 aliphatic rings. The van der Waals surface area contributed by atoms with E-state index in [1.807, 2.05) is 18.2 Å². The number of pyridine rings is 1. The number of carbonyl (C=O) groups excluding carboxylic acids is 1. The summed E-state index contributed by atoms with van der Waals surface area (Å²) < 4.78 is 2.42. The number of hydrogen-bond donors (Lipinski definition) is 1. The number of aromatic nitrogens is 2. The highest BCUT2D eigenvalue weighted by Gasteiger charge is 2.13. The van der Waals surface area contributed by atoms with Crippen molar-refractivity contribution >= 4 is 44.6 Å². The van der Waals surface area contributed by atoms with Crippen LogP contribution < -0.4 is 5.32 Å². The van der Waals surface area contributed by atoms with Crippen molar-refractivity contribution in [3.05, 3.63) is 63.9 Å². The SMILES string of the molecule is O=C(Nc1cc(Cl)ccc1Br)c1cnn2ccccc12. The van der Waals surface area contributed by atoms with Crippen LogP contribution in [0.5, 0.6) is 0 Å². The lowest BCUT2D eigenvalue weighted by atomic mass is 10.2. The molecule has 0 saturated carbocycles. The number of nitrogens with zero attached hydrogens (tertiary/aromatic N) is 2. The van der Waals surface area contributed by atoms with Gasteiger partial charge < -0.3 is 5.32 Å². The second-order valence-corrected chi connectivity index (χ2v) is 5.46. The molecule has 3 aromatic rings. The number of anilines is 1. The molecule has 6 heteroatoms. The van der Waals surface area contributed by atoms with Gasteiger partial charge in [-0.25, -0.2) is 4.52 Å². The van der Waals surface area contributed by atoms with Crippen LogP contribution in [0.1, 0.15) is 10.4 Å². The minimum atomic E-state index is -0.228. The van der Waals surface area contributed by atoms with E-state index >= 15 is 0 Å². The Morgan fingerprint density at radius 3 is 3.00 bits per heavy atom. The molecular weight excluding hydrogens is 342 g/mol. The highest BCUT2D eigenvalue weighted by atomic mass is 79.9. The van der Waals surface area contributed by atoms with Crippen molar-refractivity contribution in [1.82, 2.24) is 9.61 Å². The maximum atomic E-state index is 12.3. The Morgan fingerprint density at radius 2 is 2.15 bits per heavy atom. The maximum Gasteiger partial charge on any atom is 0.259 e. The van der Waals surface area contributed by atoms with E-state index in [-0.39, 0.29) is 5.91 Å². The zero-order valence-electron chi connectivity index (χ0n) is 10.2. The minimum absolute atomic E-state index is 0.228. The number of halogens is 2. The number of fused-ring (bicyclic) bond motifs is 1. The fourth-order valence-corrected chi connectivity index (χ4v) is 2.41. The summed E-state index contributed by atoms with van der Waals surface area (Å²) in [6.07, 6.45) is 3.34. The molecule has 100 valence electrons. The van der Waals surface area contributed by atoms with Crippen LogP contribution in [0.2, 0.25) is 5.02 Å². The van der Waals surface area contributed by atoms with Crippen molar-refractivity contribution in [2.75, 3.05) is 5.32 Å². The van der Waals surface area contributed by atoms with Crippen LogP contribution in [-0.2, 0) is 0 Å². The van der Waals surface area contributed by atoms with Crippen LogP contribution in [-0.4, -0.2) is 15.5 Å². The second-order valence-electron chi connectivity index (χ2n) is 4.17. The Balaban J connectivity index is 1.95. The Morgan fingerprint density at radius 1 is 1.30 bits per heavy atom. The summed E-state index contributed by atoms with van der Waals surface area (Å²) in [5.74, 6) is -0.228. The number of benzene rings is 1. The monoisotopic (exact) mass is 349 g/mol. The lowest BCUT2D eigenvalue weighted by Gasteiger charge is -2.07. The lowest BCUT2D eigenvalue weighted by molar-refractivity contribution is 0.102. The van der Waals surface area contributed by atoms with Crippen molar-refractivity contribution < 1.29 is 4.79 Å². The molecule has 2 heterocycles. The van der Waals surface area contributed by atoms with Gasteiger partial charge in [-0.1, -0.05) is 17.7 Å². The van der Waals surface area contributed by atoms with E-state index in [0.29, 0.717) is 16.3 Å². The molecule has 0 aliphatic carbocycles. The number of rotatable bonds is 2. The number of nitrogens with one attached hydrogen (secondary N) is 1. The first kappa shape index (κ1) is 13.1. The number of amides is 1. The first-order valence-corrected chi connectivity index (χ1v) is 7.01. The van der Waals surface area contributed by atoms with Crippen LogP contribution in [0.4, 0.5) is 5.69 Å². The topological polar surface area (TPSA) is 46.4 Å². The third kappa shape index (κ3) is 2.42. The molecule has 0 unspecified atom stereocenters. The van der Waals surface area contributed by atoms with Crippen LogP contribution in [0.25, 0.3) is 5.52 Å². The smallest absolute Gasteiger partial charge is 0.259 e. The van der Waals surface area contributed by atoms with Gasteiger partial charge in [-0.2, -0.15) is 5.10 Å². The summed E-state index contributed by atoms with van der Waals surface area (Å²) in [6.45, 7) is 0. The van der Waals surface area contributed by atoms with Crippen LogP contribution >= 0.6 is 27.5 Å². The highest BCUT2D eigenvalue weighted by Crippen LogP contribution is 2.26. The Labute approximate surface area is 128 Å². The highest BCUT2D eigenvalue weighted by molar-refractivity contribution is 9.10. The molecule has 1 N–H and O–H groups in total. The Kier molecular flexibility index (Phi) is 3.46. The van der Waals surface area contributed by atoms with Crippen LogP contribution in [0.15, 0.2) is 53.3 Å². The van der Waals surface area contributed by atoms with Gasteiger partial charge in [-0.15, -0.1) is 0 Å². The summed E-state index contributed by atoms with van der Waals surface area (Å²) in [6, 6.07) is 10.8. The molecule has 0 aliphatic heterocycles. The third-order valence-corrected chi connectivity index (χ3v) is 3.77. The first-order valence-electron chi connectivity index (χ1n) is 5.84. The fraction of sp³-hybridized carbons (Fsp3) is 0. The van der Waals surface area contributed by atoms with Crippen molar-refractivity contribution in [2.45, 2.75) is 0 Å². The summed E-state index contributed by atoms with van der Waals surface area (Å²) in [5, 5.41) is 7.52. The fourth-order valence-electron chi connectivity index (χ4n) is 1.89. The molecule has 0 fully saturated rings. The molecule has 4 nitrogen and oxygen atoms in total. The quantitative estimate of drug-likeness (QED) is 0.759. The average Bonchev–Trinajstić information content (AvgIpc) is 2.87. The van der Waals surface area contributed by atoms with Crippen LogP contribution in [0.3, 0.4) is 0 Å². The predicted molar refractivity (Wildman–Crippen MR) is 82.3 cm³/mol. The Hall–Kier alpha value is -1.85. The van der Waals surface area contributed by atoms with E-state index in [1.165, 1.54) is 0 Å². The minimum Gasteiger partial charge on any atom is -0.321 e. The van der Waals surface area contributed by atoms with Gasteiger partial charge in [0.2, 0.25) is 0 Å². The van der Waals surface area contributed by atoms with E-state index in [4.69, 9.17) is 11.6 Å². The molecule has 20 heavy (non-hydrogen) atoms. The van der Waals surface area contributed by atoms with Gasteiger partial charge in [0.15, 0.2) is 0 Å². The van der Waals surface area contributed by atoms with Gasteiger partial charge >= 0.3 is 0 Å². The molecule has 0 spiro atoms. The zero-order valence-corrected chi connectivity index (χ0v) is 12.5. The molecular formula is C14H9BrClN3O. The average molecular weight is 351 g/mol. The van der Waals surface area contributed by atoms with Crippen molar-refractivity contribution in [3.8, 4) is 0 Å². The van der Waals surface area contributed by atoms with Gasteiger partial charge in [0.1, 0.15) is 0 Å². The first-order chi connectivity index (χ1) is 9.65. The van der Waals surface area contributed by atoms with Crippen molar-refractivity contribution in [1.29, 1.82) is 0 Å². The second kappa shape index (κ2) is 5.26. The summed E-state index contributed by atoms with van der Waals surface area (Å²) >= 11 is 9.31. The van der Waals surface area contributed by atoms with E-state index in [9.17, 15) is 4.79 Å². The molecule has 1 aromatic carbocycles. The number of hydrogen-bond acceptors (Lipinski definition) is 2. The molecule has 2 aromatic heterocycles. The molecule has 1 amide bonds. The van der Waals surface area contributed by atoms with Gasteiger partial charge in [-0.3, -0.25) is 4.79 Å². The molecule has 0 atom stereocenters. The molecule has 0 saturated heterocycles. The van der Waals surface area contributed by atoms with Gasteiger partial charge in [0, 0.05) is 15.7 Å². The lowest BCUT2D eigenvalue weighted by Crippen LogP contribution is -2.12. The number of carbonyl (C=O) groups is 1. The van der Waals surface area contributed by atoms with Gasteiger partial charge in [0.05, 0.1) is 23.0 Å². The van der Waals surface area contributed by atoms with Crippen molar-refractivity contribution in [2.24, 2.45) is 0 Å². The molecule has 0 radical (unpaired) electrons. The van der Waals surface area contributed by atoms with E-state index < -0.39 is 0 Å². The van der Waals surface area contributed by atoms with E-state index in [2.05, 4.69) is 26.3 Å². The Bertz CT molecular complexity index is 800. The normalized spacial score (nSPS) is 10.7. The molecule has 0 bridgehead atoms. The van der Waals surface area contributed by atoms with E-state index in [0.717, 1.165) is 9.99 Å². The van der Waals surface area contributed by atoms with Gasteiger partial charge in [-0.05, 0) is 46.3 Å². The summed E-state index contributed by atoms with van der Waals surface area (Å²) in [4.78, 5) is 12.3. The van der Waals surface area contributed by atoms with Crippen LogP contribution in [0, 0.1) is 0 Å². The maximum absolute atomic E-state index is 12.3. The van der Waals surface area contributed by atoms with Gasteiger partial charge in [0.25, 0.3) is 5.91 Å². The third-order valence-electron chi connectivity index (χ3n) is 2.85. The standard InChI is InChI=1S/C14H9BrClN3O/c15-11-5-4-9(16)7-12(11)18-14(20)10-8-17-19-6-2-1-3-13(10)19/h1-8H,(H,18,20).